The second-order valence-corrected chi connectivity index (χ2v) is 4.47. The number of benzene rings is 1. The molecule has 1 N–H and O–H groups in total. The summed E-state index contributed by atoms with van der Waals surface area (Å²) in [5, 5.41) is 10.6. The topological polar surface area (TPSA) is 52.0 Å². The zero-order valence-electron chi connectivity index (χ0n) is 10.1. The molecule has 1 atom stereocenters. The van der Waals surface area contributed by atoms with E-state index in [1.807, 2.05) is 24.4 Å². The second kappa shape index (κ2) is 4.81. The van der Waals surface area contributed by atoms with Crippen LogP contribution in [0.4, 0.5) is 0 Å². The van der Waals surface area contributed by atoms with E-state index in [1.54, 1.807) is 0 Å². The first kappa shape index (κ1) is 11.3. The van der Waals surface area contributed by atoms with Gasteiger partial charge < -0.3 is 9.72 Å². The van der Waals surface area contributed by atoms with Crippen LogP contribution in [0.2, 0.25) is 0 Å². The summed E-state index contributed by atoms with van der Waals surface area (Å²) in [7, 11) is 0. The van der Waals surface area contributed by atoms with Crippen molar-refractivity contribution < 1.29 is 4.74 Å². The maximum absolute atomic E-state index is 9.46. The summed E-state index contributed by atoms with van der Waals surface area (Å²) < 4.78 is 5.34. The number of nitriles is 1. The third kappa shape index (κ3) is 1.88. The first-order valence-electron chi connectivity index (χ1n) is 6.17. The Morgan fingerprint density at radius 1 is 1.28 bits per heavy atom. The van der Waals surface area contributed by atoms with Gasteiger partial charge >= 0.3 is 0 Å². The molecule has 0 aliphatic carbocycles. The molecule has 1 aromatic carbocycles. The first-order chi connectivity index (χ1) is 8.90. The number of nitrogens with one attached hydrogen (secondary N) is 1. The molecule has 2 heterocycles. The van der Waals surface area contributed by atoms with Crippen molar-refractivity contribution in [3.8, 4) is 6.07 Å². The molecule has 0 radical (unpaired) electrons. The molecule has 2 aromatic rings. The first-order valence-corrected chi connectivity index (χ1v) is 6.17. The molecule has 1 fully saturated rings. The Labute approximate surface area is 106 Å². The largest absolute Gasteiger partial charge is 0.379 e. The predicted molar refractivity (Wildman–Crippen MR) is 69.0 cm³/mol. The lowest BCUT2D eigenvalue weighted by Crippen LogP contribution is -2.38. The monoisotopic (exact) mass is 241 g/mol. The van der Waals surface area contributed by atoms with Gasteiger partial charge in [0.15, 0.2) is 0 Å². The number of H-pyrrole nitrogens is 1. The summed E-state index contributed by atoms with van der Waals surface area (Å²) in [5.74, 6) is 0. The minimum absolute atomic E-state index is 0.190. The van der Waals surface area contributed by atoms with Crippen LogP contribution in [0.3, 0.4) is 0 Å². The van der Waals surface area contributed by atoms with Gasteiger partial charge in [-0.05, 0) is 6.07 Å². The molecule has 18 heavy (non-hydrogen) atoms. The van der Waals surface area contributed by atoms with Gasteiger partial charge in [0.2, 0.25) is 0 Å². The lowest BCUT2D eigenvalue weighted by Gasteiger charge is -2.30. The number of aromatic amines is 1. The van der Waals surface area contributed by atoms with Crippen LogP contribution < -0.4 is 0 Å². The summed E-state index contributed by atoms with van der Waals surface area (Å²) in [4.78, 5) is 5.41. The van der Waals surface area contributed by atoms with Crippen LogP contribution >= 0.6 is 0 Å². The molecule has 4 heteroatoms. The Kier molecular flexibility index (Phi) is 3.01. The molecule has 1 aliphatic rings. The van der Waals surface area contributed by atoms with Crippen LogP contribution in [0.25, 0.3) is 10.9 Å². The third-order valence-corrected chi connectivity index (χ3v) is 3.45. The SMILES string of the molecule is N#C[C@@H](c1c[nH]c2ccccc12)N1CCOCC1. The maximum Gasteiger partial charge on any atom is 0.126 e. The molecule has 3 rings (SSSR count). The van der Waals surface area contributed by atoms with Crippen LogP contribution in [-0.2, 0) is 4.74 Å². The number of fused-ring (bicyclic) bond motifs is 1. The Balaban J connectivity index is 1.98. The Bertz CT molecular complexity index is 578. The van der Waals surface area contributed by atoms with Crippen LogP contribution in [0.5, 0.6) is 0 Å². The molecule has 0 saturated carbocycles. The van der Waals surface area contributed by atoms with Crippen molar-refractivity contribution in [1.29, 1.82) is 5.26 Å². The number of hydrogen-bond donors (Lipinski definition) is 1. The number of aromatic nitrogens is 1. The number of morpholine rings is 1. The fraction of sp³-hybridized carbons (Fsp3) is 0.357. The molecule has 1 saturated heterocycles. The Hall–Kier alpha value is -1.83. The van der Waals surface area contributed by atoms with Crippen LogP contribution in [0, 0.1) is 11.3 Å². The van der Waals surface area contributed by atoms with E-state index < -0.39 is 0 Å². The normalized spacial score (nSPS) is 18.6. The van der Waals surface area contributed by atoms with Gasteiger partial charge in [-0.3, -0.25) is 4.90 Å². The zero-order valence-corrected chi connectivity index (χ0v) is 10.1. The number of rotatable bonds is 2. The van der Waals surface area contributed by atoms with Gasteiger partial charge in [-0.15, -0.1) is 0 Å². The van der Waals surface area contributed by atoms with E-state index in [9.17, 15) is 5.26 Å². The molecular weight excluding hydrogens is 226 g/mol. The van der Waals surface area contributed by atoms with Crippen molar-refractivity contribution >= 4 is 10.9 Å². The summed E-state index contributed by atoms with van der Waals surface area (Å²) in [6.45, 7) is 3.05. The highest BCUT2D eigenvalue weighted by molar-refractivity contribution is 5.83. The van der Waals surface area contributed by atoms with Crippen molar-refractivity contribution in [2.45, 2.75) is 6.04 Å². The van der Waals surface area contributed by atoms with E-state index in [0.717, 1.165) is 29.6 Å². The molecule has 0 spiro atoms. The zero-order chi connectivity index (χ0) is 12.4. The molecule has 0 unspecified atom stereocenters. The lowest BCUT2D eigenvalue weighted by atomic mass is 10.1. The number of ether oxygens (including phenoxy) is 1. The van der Waals surface area contributed by atoms with Gasteiger partial charge in [0, 0.05) is 35.8 Å². The van der Waals surface area contributed by atoms with E-state index in [-0.39, 0.29) is 6.04 Å². The smallest absolute Gasteiger partial charge is 0.126 e. The summed E-state index contributed by atoms with van der Waals surface area (Å²) >= 11 is 0. The van der Waals surface area contributed by atoms with Gasteiger partial charge in [0.25, 0.3) is 0 Å². The van der Waals surface area contributed by atoms with Crippen molar-refractivity contribution in [2.24, 2.45) is 0 Å². The van der Waals surface area contributed by atoms with Crippen LogP contribution in [-0.4, -0.2) is 36.2 Å². The number of nitrogens with zero attached hydrogens (tertiary/aromatic N) is 2. The minimum atomic E-state index is -0.190. The van der Waals surface area contributed by atoms with Gasteiger partial charge in [0.05, 0.1) is 19.3 Å². The van der Waals surface area contributed by atoms with Crippen molar-refractivity contribution in [1.82, 2.24) is 9.88 Å². The summed E-state index contributed by atoms with van der Waals surface area (Å²) in [6.07, 6.45) is 1.95. The maximum atomic E-state index is 9.46. The lowest BCUT2D eigenvalue weighted by molar-refractivity contribution is 0.0268. The average Bonchev–Trinajstić information content (AvgIpc) is 2.85. The fourth-order valence-corrected chi connectivity index (χ4v) is 2.50. The van der Waals surface area contributed by atoms with Crippen LogP contribution in [0.15, 0.2) is 30.5 Å². The number of hydrogen-bond acceptors (Lipinski definition) is 3. The predicted octanol–water partition coefficient (Wildman–Crippen LogP) is 2.06. The summed E-state index contributed by atoms with van der Waals surface area (Å²) in [5.41, 5.74) is 2.15. The minimum Gasteiger partial charge on any atom is -0.379 e. The number of para-hydroxylation sites is 1. The van der Waals surface area contributed by atoms with Gasteiger partial charge in [-0.25, -0.2) is 0 Å². The standard InChI is InChI=1S/C14H15N3O/c15-9-14(17-5-7-18-8-6-17)12-10-16-13-4-2-1-3-11(12)13/h1-4,10,14,16H,5-8H2/t14-/m0/s1. The van der Waals surface area contributed by atoms with Gasteiger partial charge in [-0.1, -0.05) is 18.2 Å². The molecule has 1 aliphatic heterocycles. The Morgan fingerprint density at radius 3 is 2.83 bits per heavy atom. The molecular formula is C14H15N3O. The van der Waals surface area contributed by atoms with Crippen molar-refractivity contribution in [3.05, 3.63) is 36.0 Å². The molecule has 0 bridgehead atoms. The third-order valence-electron chi connectivity index (χ3n) is 3.45. The highest BCUT2D eigenvalue weighted by Gasteiger charge is 2.24. The van der Waals surface area contributed by atoms with Crippen molar-refractivity contribution in [2.75, 3.05) is 26.3 Å². The molecule has 92 valence electrons. The van der Waals surface area contributed by atoms with E-state index in [4.69, 9.17) is 4.74 Å². The van der Waals surface area contributed by atoms with Crippen LogP contribution in [0.1, 0.15) is 11.6 Å². The van der Waals surface area contributed by atoms with Gasteiger partial charge in [-0.2, -0.15) is 5.26 Å². The molecule has 4 nitrogen and oxygen atoms in total. The highest BCUT2D eigenvalue weighted by atomic mass is 16.5. The average molecular weight is 241 g/mol. The van der Waals surface area contributed by atoms with E-state index >= 15 is 0 Å². The highest BCUT2D eigenvalue weighted by Crippen LogP contribution is 2.28. The quantitative estimate of drug-likeness (QED) is 0.875. The fourth-order valence-electron chi connectivity index (χ4n) is 2.50. The van der Waals surface area contributed by atoms with E-state index in [2.05, 4.69) is 22.0 Å². The second-order valence-electron chi connectivity index (χ2n) is 4.47. The molecule has 1 aromatic heterocycles. The summed E-state index contributed by atoms with van der Waals surface area (Å²) in [6, 6.07) is 10.3. The Morgan fingerprint density at radius 2 is 2.06 bits per heavy atom. The van der Waals surface area contributed by atoms with E-state index in [1.165, 1.54) is 0 Å². The van der Waals surface area contributed by atoms with Gasteiger partial charge in [0.1, 0.15) is 6.04 Å². The van der Waals surface area contributed by atoms with E-state index in [0.29, 0.717) is 13.2 Å². The molecule has 0 amide bonds. The van der Waals surface area contributed by atoms with Crippen molar-refractivity contribution in [3.63, 3.8) is 0 Å².